The van der Waals surface area contributed by atoms with Crippen LogP contribution in [0, 0.1) is 6.92 Å². The second kappa shape index (κ2) is 11.2. The fraction of sp³-hybridized carbons (Fsp3) is 0.500. The summed E-state index contributed by atoms with van der Waals surface area (Å²) in [6, 6.07) is 8.11. The Morgan fingerprint density at radius 3 is 2.69 bits per heavy atom. The maximum atomic E-state index is 6.26. The Hall–Kier alpha value is -1.34. The van der Waals surface area contributed by atoms with Crippen molar-refractivity contribution in [2.24, 2.45) is 0 Å². The quantitative estimate of drug-likeness (QED) is 0.610. The van der Waals surface area contributed by atoms with Crippen molar-refractivity contribution in [1.82, 2.24) is 4.90 Å². The summed E-state index contributed by atoms with van der Waals surface area (Å²) in [6.07, 6.45) is 5.42. The van der Waals surface area contributed by atoms with Gasteiger partial charge in [-0.15, -0.1) is 11.3 Å². The highest BCUT2D eigenvalue weighted by Crippen LogP contribution is 2.31. The van der Waals surface area contributed by atoms with Crippen LogP contribution in [0.5, 0.6) is 5.75 Å². The fourth-order valence-corrected chi connectivity index (χ4v) is 4.88. The Morgan fingerprint density at radius 1 is 1.28 bits per heavy atom. The molecule has 7 heteroatoms. The van der Waals surface area contributed by atoms with Crippen LogP contribution in [0.2, 0.25) is 5.02 Å². The number of quaternary nitrogens is 1. The zero-order valence-corrected chi connectivity index (χ0v) is 19.7. The number of ether oxygens (including phenoxy) is 1. The molecule has 29 heavy (non-hydrogen) atoms. The first-order chi connectivity index (χ1) is 14.1. The molecule has 0 spiro atoms. The van der Waals surface area contributed by atoms with Crippen molar-refractivity contribution in [2.75, 3.05) is 38.6 Å². The van der Waals surface area contributed by atoms with Crippen molar-refractivity contribution in [1.29, 1.82) is 0 Å². The molecule has 1 aromatic carbocycles. The van der Waals surface area contributed by atoms with E-state index in [4.69, 9.17) is 28.6 Å². The lowest BCUT2D eigenvalue weighted by Crippen LogP contribution is -3.12. The third-order valence-electron chi connectivity index (χ3n) is 5.48. The van der Waals surface area contributed by atoms with Crippen LogP contribution in [0.15, 0.2) is 29.6 Å². The van der Waals surface area contributed by atoms with Gasteiger partial charge in [-0.25, -0.2) is 0 Å². The molecule has 3 rings (SSSR count). The third-order valence-corrected chi connectivity index (χ3v) is 7.11. The average molecular weight is 453 g/mol. The molecule has 0 bridgehead atoms. The van der Waals surface area contributed by atoms with Gasteiger partial charge in [-0.2, -0.15) is 0 Å². The van der Waals surface area contributed by atoms with Crippen LogP contribution in [0.1, 0.15) is 36.1 Å². The number of likely N-dealkylation sites (tertiary alicyclic amines) is 1. The number of hydrogen-bond donors (Lipinski definition) is 2. The lowest BCUT2D eigenvalue weighted by molar-refractivity contribution is -0.898. The molecule has 1 aliphatic heterocycles. The van der Waals surface area contributed by atoms with Gasteiger partial charge in [0.25, 0.3) is 0 Å². The predicted molar refractivity (Wildman–Crippen MR) is 128 cm³/mol. The number of hydrogen-bond acceptors (Lipinski definition) is 3. The topological polar surface area (TPSA) is 28.9 Å². The maximum absolute atomic E-state index is 6.26. The van der Waals surface area contributed by atoms with E-state index in [1.165, 1.54) is 43.6 Å². The lowest BCUT2D eigenvalue weighted by Gasteiger charge is -2.28. The Bertz CT molecular complexity index is 790. The highest BCUT2D eigenvalue weighted by molar-refractivity contribution is 7.80. The van der Waals surface area contributed by atoms with E-state index < -0.39 is 0 Å². The largest absolute Gasteiger partial charge is 0.495 e. The van der Waals surface area contributed by atoms with Crippen LogP contribution < -0.4 is 15.0 Å². The van der Waals surface area contributed by atoms with Crippen molar-refractivity contribution in [3.63, 3.8) is 0 Å². The van der Waals surface area contributed by atoms with Crippen molar-refractivity contribution >= 4 is 46.0 Å². The van der Waals surface area contributed by atoms with Crippen molar-refractivity contribution in [3.8, 4) is 5.75 Å². The molecule has 1 aliphatic rings. The van der Waals surface area contributed by atoms with Crippen molar-refractivity contribution in [2.45, 2.75) is 39.2 Å². The zero-order valence-electron chi connectivity index (χ0n) is 17.3. The van der Waals surface area contributed by atoms with E-state index in [2.05, 4.69) is 27.7 Å². The number of thiocarbonyl (C=S) groups is 1. The molecule has 0 amide bonds. The van der Waals surface area contributed by atoms with Crippen LogP contribution in [0.25, 0.3) is 0 Å². The molecule has 2 N–H and O–H groups in total. The van der Waals surface area contributed by atoms with E-state index in [1.807, 2.05) is 19.1 Å². The van der Waals surface area contributed by atoms with Crippen molar-refractivity contribution in [3.05, 3.63) is 45.1 Å². The molecule has 0 atom stereocenters. The minimum Gasteiger partial charge on any atom is -0.495 e. The number of benzene rings is 1. The molecule has 0 aliphatic carbocycles. The molecule has 1 aromatic heterocycles. The summed E-state index contributed by atoms with van der Waals surface area (Å²) >= 11 is 13.9. The summed E-state index contributed by atoms with van der Waals surface area (Å²) in [5.41, 5.74) is 1.86. The van der Waals surface area contributed by atoms with Gasteiger partial charge in [0.2, 0.25) is 0 Å². The van der Waals surface area contributed by atoms with E-state index in [1.54, 1.807) is 23.3 Å². The molecule has 1 saturated heterocycles. The number of nitrogens with zero attached hydrogens (tertiary/aromatic N) is 1. The zero-order chi connectivity index (χ0) is 20.6. The van der Waals surface area contributed by atoms with Crippen molar-refractivity contribution < 1.29 is 9.64 Å². The van der Waals surface area contributed by atoms with Crippen LogP contribution >= 0.6 is 35.2 Å². The molecule has 0 saturated carbocycles. The molecular weight excluding hydrogens is 422 g/mol. The Morgan fingerprint density at radius 2 is 2.03 bits per heavy atom. The first-order valence-electron chi connectivity index (χ1n) is 10.3. The number of thiophene rings is 1. The highest BCUT2D eigenvalue weighted by Gasteiger charge is 2.18. The SMILES string of the molecule is COc1cc(Cl)c(C)cc1NC(=S)N(CC[NH+]1CCCCCC1)Cc1cccs1. The van der Waals surface area contributed by atoms with Gasteiger partial charge in [0.1, 0.15) is 5.75 Å². The molecule has 0 radical (unpaired) electrons. The summed E-state index contributed by atoms with van der Waals surface area (Å²) in [5, 5.41) is 6.95. The van der Waals surface area contributed by atoms with Gasteiger partial charge in [-0.3, -0.25) is 0 Å². The molecular formula is C22H31ClN3OS2+. The predicted octanol–water partition coefficient (Wildman–Crippen LogP) is 4.38. The van der Waals surface area contributed by atoms with Crippen LogP contribution in [0.4, 0.5) is 5.69 Å². The van der Waals surface area contributed by atoms with Gasteiger partial charge in [0.15, 0.2) is 5.11 Å². The van der Waals surface area contributed by atoms with Crippen LogP contribution in [-0.4, -0.2) is 43.3 Å². The highest BCUT2D eigenvalue weighted by atomic mass is 35.5. The third kappa shape index (κ3) is 6.57. The normalized spacial score (nSPS) is 15.0. The van der Waals surface area contributed by atoms with Gasteiger partial charge < -0.3 is 19.9 Å². The molecule has 1 fully saturated rings. The van der Waals surface area contributed by atoms with E-state index >= 15 is 0 Å². The lowest BCUT2D eigenvalue weighted by atomic mass is 10.2. The molecule has 158 valence electrons. The van der Waals surface area contributed by atoms with E-state index in [0.29, 0.717) is 10.8 Å². The Labute approximate surface area is 188 Å². The van der Waals surface area contributed by atoms with E-state index in [9.17, 15) is 0 Å². The summed E-state index contributed by atoms with van der Waals surface area (Å²) in [5.74, 6) is 0.706. The number of aryl methyl sites for hydroxylation is 1. The van der Waals surface area contributed by atoms with Gasteiger partial charge in [-0.1, -0.05) is 17.7 Å². The monoisotopic (exact) mass is 452 g/mol. The smallest absolute Gasteiger partial charge is 0.174 e. The maximum Gasteiger partial charge on any atom is 0.174 e. The fourth-order valence-electron chi connectivity index (χ4n) is 3.74. The number of anilines is 1. The molecule has 2 heterocycles. The molecule has 2 aromatic rings. The Kier molecular flexibility index (Phi) is 8.60. The average Bonchev–Trinajstić information content (AvgIpc) is 3.08. The second-order valence-corrected chi connectivity index (χ2v) is 9.47. The summed E-state index contributed by atoms with van der Waals surface area (Å²) in [7, 11) is 1.65. The van der Waals surface area contributed by atoms with Gasteiger partial charge >= 0.3 is 0 Å². The number of nitrogens with one attached hydrogen (secondary N) is 2. The summed E-state index contributed by atoms with van der Waals surface area (Å²) in [4.78, 5) is 5.29. The number of methoxy groups -OCH3 is 1. The second-order valence-electron chi connectivity index (χ2n) is 7.65. The first kappa shape index (κ1) is 22.3. The molecule has 0 unspecified atom stereocenters. The minimum absolute atomic E-state index is 0.693. The Balaban J connectivity index is 1.70. The number of rotatable bonds is 7. The molecule has 4 nitrogen and oxygen atoms in total. The van der Waals surface area contributed by atoms with Gasteiger partial charge in [0.05, 0.1) is 45.5 Å². The first-order valence-corrected chi connectivity index (χ1v) is 12.0. The van der Waals surface area contributed by atoms with Crippen LogP contribution in [-0.2, 0) is 6.54 Å². The van der Waals surface area contributed by atoms with E-state index in [0.717, 1.165) is 36.0 Å². The van der Waals surface area contributed by atoms with E-state index in [-0.39, 0.29) is 0 Å². The minimum atomic E-state index is 0.693. The van der Waals surface area contributed by atoms with Gasteiger partial charge in [0, 0.05) is 16.0 Å². The van der Waals surface area contributed by atoms with Crippen LogP contribution in [0.3, 0.4) is 0 Å². The van der Waals surface area contributed by atoms with Gasteiger partial charge in [-0.05, 0) is 67.9 Å². The summed E-state index contributed by atoms with van der Waals surface area (Å²) in [6.45, 7) is 7.42. The standard InChI is InChI=1S/C22H30ClN3OS2/c1-17-14-20(21(27-2)15-19(17)23)24-22(28)26(16-18-8-7-13-29-18)12-11-25-9-5-3-4-6-10-25/h7-8,13-15H,3-6,9-12,16H2,1-2H3,(H,24,28)/p+1. The number of halogens is 1. The summed E-state index contributed by atoms with van der Waals surface area (Å²) < 4.78 is 5.51.